The number of nitrogens with zero attached hydrogens (tertiary/aromatic N) is 3. The average molecular weight is 388 g/mol. The molecule has 0 bridgehead atoms. The predicted octanol–water partition coefficient (Wildman–Crippen LogP) is 2.81. The first-order chi connectivity index (χ1) is 13.4. The Morgan fingerprint density at radius 3 is 2.57 bits per heavy atom. The Bertz CT molecular complexity index is 797. The summed E-state index contributed by atoms with van der Waals surface area (Å²) in [5.74, 6) is 2.02. The predicted molar refractivity (Wildman–Crippen MR) is 111 cm³/mol. The Kier molecular flexibility index (Phi) is 7.82. The van der Waals surface area contributed by atoms with Crippen molar-refractivity contribution in [3.63, 3.8) is 0 Å². The summed E-state index contributed by atoms with van der Waals surface area (Å²) in [4.78, 5) is 23.1. The third kappa shape index (κ3) is 6.58. The number of aromatic nitrogens is 2. The van der Waals surface area contributed by atoms with Crippen LogP contribution in [0, 0.1) is 6.92 Å². The summed E-state index contributed by atoms with van der Waals surface area (Å²) in [5.41, 5.74) is 1.26. The zero-order valence-corrected chi connectivity index (χ0v) is 17.0. The summed E-state index contributed by atoms with van der Waals surface area (Å²) >= 11 is 0. The van der Waals surface area contributed by atoms with Crippen LogP contribution < -0.4 is 25.4 Å². The van der Waals surface area contributed by atoms with E-state index in [2.05, 4.69) is 30.8 Å². The highest BCUT2D eigenvalue weighted by atomic mass is 16.5. The van der Waals surface area contributed by atoms with Crippen LogP contribution in [0.5, 0.6) is 11.5 Å². The number of hydrogen-bond acceptors (Lipinski definition) is 7. The number of amides is 2. The third-order valence-electron chi connectivity index (χ3n) is 3.82. The Balaban J connectivity index is 1.99. The molecule has 0 aliphatic heterocycles. The molecule has 9 nitrogen and oxygen atoms in total. The lowest BCUT2D eigenvalue weighted by atomic mass is 10.2. The number of hydrogen-bond donors (Lipinski definition) is 3. The van der Waals surface area contributed by atoms with E-state index in [-0.39, 0.29) is 5.95 Å². The van der Waals surface area contributed by atoms with Crippen LogP contribution in [0.3, 0.4) is 0 Å². The fraction of sp³-hybridized carbons (Fsp3) is 0.421. The van der Waals surface area contributed by atoms with E-state index in [1.807, 2.05) is 27.1 Å². The largest absolute Gasteiger partial charge is 0.497 e. The summed E-state index contributed by atoms with van der Waals surface area (Å²) in [6.45, 7) is 3.61. The minimum atomic E-state index is -0.465. The van der Waals surface area contributed by atoms with Crippen molar-refractivity contribution >= 4 is 23.5 Å². The maximum absolute atomic E-state index is 12.3. The van der Waals surface area contributed by atoms with E-state index >= 15 is 0 Å². The topological polar surface area (TPSA) is 101 Å². The van der Waals surface area contributed by atoms with Gasteiger partial charge < -0.3 is 25.0 Å². The molecule has 0 fully saturated rings. The van der Waals surface area contributed by atoms with Gasteiger partial charge in [-0.3, -0.25) is 5.32 Å². The standard InChI is InChI=1S/C19H28N6O3/c1-13-11-17(20-9-6-10-25(2)3)23-18(21-13)24-19(26)22-15-8-7-14(27-4)12-16(15)28-5/h7-8,11-12H,6,9-10H2,1-5H3,(H3,20,21,22,23,24,26). The number of carbonyl (C=O) groups excluding carboxylic acids is 1. The average Bonchev–Trinajstić information content (AvgIpc) is 2.65. The molecular formula is C19H28N6O3. The fourth-order valence-corrected chi connectivity index (χ4v) is 2.48. The van der Waals surface area contributed by atoms with Crippen molar-refractivity contribution < 1.29 is 14.3 Å². The van der Waals surface area contributed by atoms with Gasteiger partial charge in [-0.25, -0.2) is 9.78 Å². The van der Waals surface area contributed by atoms with Gasteiger partial charge in [-0.15, -0.1) is 0 Å². The molecule has 1 aromatic carbocycles. The molecular weight excluding hydrogens is 360 g/mol. The Morgan fingerprint density at radius 2 is 1.89 bits per heavy atom. The Hall–Kier alpha value is -3.07. The molecule has 2 rings (SSSR count). The molecule has 0 saturated carbocycles. The van der Waals surface area contributed by atoms with Gasteiger partial charge in [-0.1, -0.05) is 0 Å². The molecule has 3 N–H and O–H groups in total. The number of nitrogens with one attached hydrogen (secondary N) is 3. The van der Waals surface area contributed by atoms with E-state index in [1.54, 1.807) is 25.3 Å². The van der Waals surface area contributed by atoms with Gasteiger partial charge in [0.25, 0.3) is 0 Å². The minimum absolute atomic E-state index is 0.222. The van der Waals surface area contributed by atoms with Crippen molar-refractivity contribution in [2.24, 2.45) is 0 Å². The summed E-state index contributed by atoms with van der Waals surface area (Å²) in [6, 6.07) is 6.50. The number of aryl methyl sites for hydroxylation is 1. The van der Waals surface area contributed by atoms with Gasteiger partial charge in [-0.05, 0) is 46.1 Å². The van der Waals surface area contributed by atoms with Crippen LogP contribution in [0.2, 0.25) is 0 Å². The van der Waals surface area contributed by atoms with Crippen LogP contribution in [-0.4, -0.2) is 62.3 Å². The monoisotopic (exact) mass is 388 g/mol. The highest BCUT2D eigenvalue weighted by molar-refractivity contribution is 5.99. The summed E-state index contributed by atoms with van der Waals surface area (Å²) in [7, 11) is 7.16. The molecule has 2 aromatic rings. The number of methoxy groups -OCH3 is 2. The molecule has 1 heterocycles. The summed E-state index contributed by atoms with van der Waals surface area (Å²) in [5, 5.41) is 8.63. The highest BCUT2D eigenvalue weighted by Crippen LogP contribution is 2.29. The third-order valence-corrected chi connectivity index (χ3v) is 3.82. The van der Waals surface area contributed by atoms with Crippen molar-refractivity contribution in [2.75, 3.05) is 57.4 Å². The molecule has 9 heteroatoms. The molecule has 0 unspecified atom stereocenters. The minimum Gasteiger partial charge on any atom is -0.497 e. The molecule has 28 heavy (non-hydrogen) atoms. The summed E-state index contributed by atoms with van der Waals surface area (Å²) in [6.07, 6.45) is 0.983. The van der Waals surface area contributed by atoms with E-state index in [9.17, 15) is 4.79 Å². The summed E-state index contributed by atoms with van der Waals surface area (Å²) < 4.78 is 10.4. The van der Waals surface area contributed by atoms with Crippen molar-refractivity contribution in [2.45, 2.75) is 13.3 Å². The highest BCUT2D eigenvalue weighted by Gasteiger charge is 2.11. The number of anilines is 3. The number of benzene rings is 1. The van der Waals surface area contributed by atoms with E-state index < -0.39 is 6.03 Å². The van der Waals surface area contributed by atoms with Gasteiger partial charge in [0, 0.05) is 24.4 Å². The van der Waals surface area contributed by atoms with Crippen LogP contribution in [0.1, 0.15) is 12.1 Å². The zero-order valence-electron chi connectivity index (χ0n) is 17.0. The number of rotatable bonds is 9. The van der Waals surface area contributed by atoms with Gasteiger partial charge >= 0.3 is 6.03 Å². The molecule has 0 aliphatic carbocycles. The quantitative estimate of drug-likeness (QED) is 0.568. The molecule has 2 amide bonds. The van der Waals surface area contributed by atoms with Crippen LogP contribution >= 0.6 is 0 Å². The van der Waals surface area contributed by atoms with Gasteiger partial charge in [-0.2, -0.15) is 4.98 Å². The molecule has 0 saturated heterocycles. The Morgan fingerprint density at radius 1 is 1.11 bits per heavy atom. The molecule has 0 aliphatic rings. The van der Waals surface area contributed by atoms with Crippen LogP contribution in [-0.2, 0) is 0 Å². The number of urea groups is 1. The second-order valence-electron chi connectivity index (χ2n) is 6.45. The SMILES string of the molecule is COc1ccc(NC(=O)Nc2nc(C)cc(NCCCN(C)C)n2)c(OC)c1. The van der Waals surface area contributed by atoms with E-state index in [1.165, 1.54) is 7.11 Å². The lowest BCUT2D eigenvalue weighted by Gasteiger charge is -2.13. The number of ether oxygens (including phenoxy) is 2. The maximum atomic E-state index is 12.3. The van der Waals surface area contributed by atoms with E-state index in [0.717, 1.165) is 25.2 Å². The Labute approximate surface area is 165 Å². The zero-order chi connectivity index (χ0) is 20.5. The van der Waals surface area contributed by atoms with Crippen LogP contribution in [0.4, 0.5) is 22.2 Å². The van der Waals surface area contributed by atoms with Crippen molar-refractivity contribution in [1.29, 1.82) is 0 Å². The molecule has 1 aromatic heterocycles. The number of carbonyl (C=O) groups is 1. The van der Waals surface area contributed by atoms with Gasteiger partial charge in [0.1, 0.15) is 17.3 Å². The smallest absolute Gasteiger partial charge is 0.326 e. The first-order valence-corrected chi connectivity index (χ1v) is 8.95. The van der Waals surface area contributed by atoms with Crippen LogP contribution in [0.15, 0.2) is 24.3 Å². The molecule has 0 spiro atoms. The first-order valence-electron chi connectivity index (χ1n) is 8.95. The second-order valence-corrected chi connectivity index (χ2v) is 6.45. The van der Waals surface area contributed by atoms with Crippen LogP contribution in [0.25, 0.3) is 0 Å². The van der Waals surface area contributed by atoms with E-state index in [4.69, 9.17) is 9.47 Å². The lowest BCUT2D eigenvalue weighted by molar-refractivity contribution is 0.262. The first kappa shape index (κ1) is 21.2. The lowest BCUT2D eigenvalue weighted by Crippen LogP contribution is -2.22. The van der Waals surface area contributed by atoms with Gasteiger partial charge in [0.2, 0.25) is 5.95 Å². The van der Waals surface area contributed by atoms with Crippen molar-refractivity contribution in [3.05, 3.63) is 30.0 Å². The van der Waals surface area contributed by atoms with Crippen molar-refractivity contribution in [3.8, 4) is 11.5 Å². The normalized spacial score (nSPS) is 10.5. The molecule has 0 radical (unpaired) electrons. The fourth-order valence-electron chi connectivity index (χ4n) is 2.48. The maximum Gasteiger partial charge on any atom is 0.326 e. The van der Waals surface area contributed by atoms with Gasteiger partial charge in [0.05, 0.1) is 19.9 Å². The second kappa shape index (κ2) is 10.3. The van der Waals surface area contributed by atoms with Crippen molar-refractivity contribution in [1.82, 2.24) is 14.9 Å². The molecule has 0 atom stereocenters. The molecule has 152 valence electrons. The van der Waals surface area contributed by atoms with Gasteiger partial charge in [0.15, 0.2) is 0 Å². The van der Waals surface area contributed by atoms with E-state index in [0.29, 0.717) is 23.0 Å².